The highest BCUT2D eigenvalue weighted by molar-refractivity contribution is 6.19. The minimum atomic E-state index is -0.132. The van der Waals surface area contributed by atoms with Gasteiger partial charge in [-0.15, -0.1) is 0 Å². The first kappa shape index (κ1) is 26.2. The second-order valence-electron chi connectivity index (χ2n) is 13.0. The molecule has 0 unspecified atom stereocenters. The van der Waals surface area contributed by atoms with Gasteiger partial charge in [-0.1, -0.05) is 118 Å². The Morgan fingerprint density at radius 1 is 0.600 bits per heavy atom. The molecule has 7 aromatic carbocycles. The van der Waals surface area contributed by atoms with Crippen LogP contribution in [-0.4, -0.2) is 9.55 Å². The van der Waals surface area contributed by atoms with E-state index in [1.165, 1.54) is 65.7 Å². The summed E-state index contributed by atoms with van der Waals surface area (Å²) < 4.78 is 2.34. The van der Waals surface area contributed by atoms with E-state index in [0.29, 0.717) is 0 Å². The van der Waals surface area contributed by atoms with Gasteiger partial charge in [-0.05, 0) is 102 Å². The maximum absolute atomic E-state index is 4.99. The third-order valence-corrected chi connectivity index (χ3v) is 10.0. The maximum Gasteiger partial charge on any atom is 0.114 e. The Labute approximate surface area is 263 Å². The Bertz CT molecular complexity index is 2480. The summed E-state index contributed by atoms with van der Waals surface area (Å²) >= 11 is 0. The summed E-state index contributed by atoms with van der Waals surface area (Å²) in [6, 6.07) is 47.1. The van der Waals surface area contributed by atoms with E-state index in [0.717, 1.165) is 35.4 Å². The fourth-order valence-corrected chi connectivity index (χ4v) is 8.17. The second kappa shape index (κ2) is 9.64. The van der Waals surface area contributed by atoms with Gasteiger partial charge in [0.15, 0.2) is 0 Å². The molecule has 2 heteroatoms. The van der Waals surface area contributed by atoms with Gasteiger partial charge < -0.3 is 0 Å². The number of aryl methyl sites for hydroxylation is 1. The van der Waals surface area contributed by atoms with Gasteiger partial charge in [0.2, 0.25) is 0 Å². The number of imidazole rings is 1. The van der Waals surface area contributed by atoms with Crippen molar-refractivity contribution in [2.45, 2.75) is 39.0 Å². The van der Waals surface area contributed by atoms with Crippen LogP contribution in [0.25, 0.3) is 71.3 Å². The van der Waals surface area contributed by atoms with Gasteiger partial charge in [0.25, 0.3) is 0 Å². The predicted octanol–water partition coefficient (Wildman–Crippen LogP) is 11.4. The largest absolute Gasteiger partial charge is 0.296 e. The Morgan fingerprint density at radius 3 is 2.13 bits per heavy atom. The van der Waals surface area contributed by atoms with Crippen molar-refractivity contribution in [3.63, 3.8) is 0 Å². The molecule has 0 amide bonds. The summed E-state index contributed by atoms with van der Waals surface area (Å²) in [5.41, 5.74) is 11.3. The number of nitrogens with zero attached hydrogens (tertiary/aromatic N) is 2. The van der Waals surface area contributed by atoms with Crippen LogP contribution in [0, 0.1) is 0 Å². The molecule has 1 aromatic heterocycles. The van der Waals surface area contributed by atoms with E-state index in [2.05, 4.69) is 153 Å². The lowest BCUT2D eigenvalue weighted by Crippen LogP contribution is -2.16. The highest BCUT2D eigenvalue weighted by atomic mass is 15.1. The molecule has 45 heavy (non-hydrogen) atoms. The van der Waals surface area contributed by atoms with Crippen LogP contribution in [0.15, 0.2) is 127 Å². The van der Waals surface area contributed by atoms with E-state index in [1.54, 1.807) is 0 Å². The van der Waals surface area contributed by atoms with E-state index in [4.69, 9.17) is 4.98 Å². The van der Waals surface area contributed by atoms with Gasteiger partial charge >= 0.3 is 0 Å². The monoisotopic (exact) mass is 578 g/mol. The number of aromatic nitrogens is 2. The number of fused-ring (bicyclic) bond motifs is 11. The van der Waals surface area contributed by atoms with Crippen LogP contribution in [0.1, 0.15) is 44.1 Å². The van der Waals surface area contributed by atoms with Crippen LogP contribution in [0.5, 0.6) is 0 Å². The number of rotatable bonds is 4. The summed E-state index contributed by atoms with van der Waals surface area (Å²) in [7, 11) is 0. The molecule has 216 valence electrons. The van der Waals surface area contributed by atoms with E-state index >= 15 is 0 Å². The molecule has 0 atom stereocenters. The van der Waals surface area contributed by atoms with E-state index in [9.17, 15) is 0 Å². The number of para-hydroxylation sites is 2. The first-order valence-corrected chi connectivity index (χ1v) is 16.1. The smallest absolute Gasteiger partial charge is 0.114 e. The summed E-state index contributed by atoms with van der Waals surface area (Å²) in [6.07, 6.45) is 2.01. The molecular formula is C43H34N2. The van der Waals surface area contributed by atoms with Crippen LogP contribution in [0.4, 0.5) is 0 Å². The molecule has 8 aromatic rings. The predicted molar refractivity (Wildman–Crippen MR) is 191 cm³/mol. The van der Waals surface area contributed by atoms with Crippen LogP contribution < -0.4 is 0 Å². The Morgan fingerprint density at radius 2 is 1.31 bits per heavy atom. The van der Waals surface area contributed by atoms with E-state index in [-0.39, 0.29) is 5.41 Å². The summed E-state index contributed by atoms with van der Waals surface area (Å²) in [4.78, 5) is 4.99. The van der Waals surface area contributed by atoms with Gasteiger partial charge in [0, 0.05) is 17.5 Å². The first-order valence-electron chi connectivity index (χ1n) is 16.1. The van der Waals surface area contributed by atoms with Crippen molar-refractivity contribution >= 4 is 43.4 Å². The Kier molecular flexibility index (Phi) is 5.62. The summed E-state index contributed by atoms with van der Waals surface area (Å²) in [5, 5.41) is 8.01. The van der Waals surface area contributed by atoms with Crippen LogP contribution in [0.2, 0.25) is 0 Å². The van der Waals surface area contributed by atoms with E-state index in [1.807, 2.05) is 0 Å². The van der Waals surface area contributed by atoms with Crippen molar-refractivity contribution in [1.29, 1.82) is 0 Å². The molecule has 1 aliphatic carbocycles. The van der Waals surface area contributed by atoms with Crippen LogP contribution >= 0.6 is 0 Å². The average Bonchev–Trinajstić information content (AvgIpc) is 3.56. The lowest BCUT2D eigenvalue weighted by atomic mass is 9.77. The minimum Gasteiger partial charge on any atom is -0.296 e. The minimum absolute atomic E-state index is 0.132. The maximum atomic E-state index is 4.99. The zero-order valence-corrected chi connectivity index (χ0v) is 25.9. The molecule has 1 aliphatic rings. The van der Waals surface area contributed by atoms with Crippen molar-refractivity contribution in [2.75, 3.05) is 0 Å². The van der Waals surface area contributed by atoms with Gasteiger partial charge in [-0.2, -0.15) is 0 Å². The number of hydrogen-bond acceptors (Lipinski definition) is 1. The Balaban J connectivity index is 1.22. The zero-order chi connectivity index (χ0) is 30.3. The van der Waals surface area contributed by atoms with Crippen LogP contribution in [-0.2, 0) is 11.8 Å². The molecule has 0 fully saturated rings. The molecule has 0 radical (unpaired) electrons. The van der Waals surface area contributed by atoms with E-state index < -0.39 is 0 Å². The lowest BCUT2D eigenvalue weighted by Gasteiger charge is -2.25. The molecule has 0 aliphatic heterocycles. The molecular weight excluding hydrogens is 544 g/mol. The normalized spacial score (nSPS) is 13.6. The number of hydrogen-bond donors (Lipinski definition) is 0. The fraction of sp³-hybridized carbons (Fsp3) is 0.140. The van der Waals surface area contributed by atoms with Gasteiger partial charge in [0.05, 0.1) is 11.0 Å². The molecule has 9 rings (SSSR count). The Hall–Kier alpha value is -5.21. The molecule has 0 bridgehead atoms. The summed E-state index contributed by atoms with van der Waals surface area (Å²) in [6.45, 7) is 7.05. The average molecular weight is 579 g/mol. The third-order valence-electron chi connectivity index (χ3n) is 10.0. The van der Waals surface area contributed by atoms with Gasteiger partial charge in [0.1, 0.15) is 5.82 Å². The van der Waals surface area contributed by atoms with Crippen LogP contribution in [0.3, 0.4) is 0 Å². The fourth-order valence-electron chi connectivity index (χ4n) is 8.17. The number of benzene rings is 7. The zero-order valence-electron chi connectivity index (χ0n) is 25.9. The highest BCUT2D eigenvalue weighted by Crippen LogP contribution is 2.56. The molecule has 0 spiro atoms. The molecule has 0 saturated heterocycles. The van der Waals surface area contributed by atoms with Crippen molar-refractivity contribution in [2.24, 2.45) is 0 Å². The molecule has 1 heterocycles. The van der Waals surface area contributed by atoms with Gasteiger partial charge in [-0.25, -0.2) is 4.98 Å². The standard InChI is InChI=1S/C43H34N2/c1-4-12-39-44-37-19-9-10-20-38(37)45(39)30-14-11-13-27(26-30)28-21-23-31-29(25-28)22-24-36-40-34-17-7-5-15-32(34)33-16-6-8-18-35(33)42(40)43(2,3)41(31)36/h5-11,13-26H,4,12H2,1-3H3. The molecule has 2 nitrogen and oxygen atoms in total. The highest BCUT2D eigenvalue weighted by Gasteiger charge is 2.39. The quantitative estimate of drug-likeness (QED) is 0.190. The molecule has 0 N–H and O–H groups in total. The van der Waals surface area contributed by atoms with Crippen molar-refractivity contribution in [3.8, 4) is 27.9 Å². The molecule has 0 saturated carbocycles. The summed E-state index contributed by atoms with van der Waals surface area (Å²) in [5.74, 6) is 1.12. The topological polar surface area (TPSA) is 17.8 Å². The first-order chi connectivity index (χ1) is 22.0. The van der Waals surface area contributed by atoms with Crippen molar-refractivity contribution < 1.29 is 0 Å². The van der Waals surface area contributed by atoms with Crippen molar-refractivity contribution in [3.05, 3.63) is 144 Å². The van der Waals surface area contributed by atoms with Crippen molar-refractivity contribution in [1.82, 2.24) is 9.55 Å². The SMILES string of the molecule is CCCc1nc2ccccc2n1-c1cccc(-c2ccc3c4c(ccc3c2)-c2c(c3ccccc3c3ccccc23)C4(C)C)c1. The third kappa shape index (κ3) is 3.72. The lowest BCUT2D eigenvalue weighted by molar-refractivity contribution is 0.672. The van der Waals surface area contributed by atoms with Gasteiger partial charge in [-0.3, -0.25) is 4.57 Å². The second-order valence-corrected chi connectivity index (χ2v) is 13.0.